The zero-order valence-corrected chi connectivity index (χ0v) is 14.7. The Hall–Kier alpha value is 0.170. The van der Waals surface area contributed by atoms with Gasteiger partial charge in [-0.25, -0.2) is 0 Å². The van der Waals surface area contributed by atoms with Crippen molar-refractivity contribution in [3.05, 3.63) is 0 Å². The Balaban J connectivity index is 0. The molecule has 0 unspecified atom stereocenters. The van der Waals surface area contributed by atoms with Crippen molar-refractivity contribution in [3.8, 4) is 0 Å². The number of hydrogen-bond donors (Lipinski definition) is 0. The maximum Gasteiger partial charge on any atom is 0.0782 e. The second kappa shape index (κ2) is 9.98. The van der Waals surface area contributed by atoms with Gasteiger partial charge in [0.25, 0.3) is 0 Å². The highest BCUT2D eigenvalue weighted by Gasteiger charge is 2.21. The molecule has 0 bridgehead atoms. The zero-order valence-electron chi connectivity index (χ0n) is 13.9. The summed E-state index contributed by atoms with van der Waals surface area (Å²) in [6.07, 6.45) is 4.41. The number of likely N-dealkylation sites (N-methyl/N-ethyl adjacent to an activating group) is 2. The van der Waals surface area contributed by atoms with E-state index in [-0.39, 0.29) is 12.4 Å². The molecule has 0 aromatic carbocycles. The molecule has 3 nitrogen and oxygen atoms in total. The second-order valence-electron chi connectivity index (χ2n) is 7.01. The molecular weight excluding hydrogens is 260 g/mol. The average molecular weight is 295 g/mol. The molecule has 0 amide bonds. The van der Waals surface area contributed by atoms with Crippen molar-refractivity contribution in [3.63, 3.8) is 0 Å². The van der Waals surface area contributed by atoms with Gasteiger partial charge in [0.1, 0.15) is 0 Å². The van der Waals surface area contributed by atoms with Crippen molar-refractivity contribution in [1.29, 1.82) is 0 Å². The molecule has 0 rings (SSSR count). The molecule has 0 spiro atoms. The monoisotopic (exact) mass is 294 g/mol. The van der Waals surface area contributed by atoms with Gasteiger partial charge in [-0.05, 0) is 18.9 Å². The highest BCUT2D eigenvalue weighted by Crippen LogP contribution is 2.07. The first-order chi connectivity index (χ1) is 8.22. The van der Waals surface area contributed by atoms with E-state index in [1.807, 2.05) is 0 Å². The summed E-state index contributed by atoms with van der Waals surface area (Å²) in [5, 5.41) is 12.3. The van der Waals surface area contributed by atoms with Crippen molar-refractivity contribution < 1.29 is 26.5 Å². The topological polar surface area (TPSA) is 23.1 Å². The van der Waals surface area contributed by atoms with E-state index in [2.05, 4.69) is 42.0 Å². The number of hydrogen-bond acceptors (Lipinski definition) is 1. The van der Waals surface area contributed by atoms with Crippen LogP contribution in [0.1, 0.15) is 39.5 Å². The average Bonchev–Trinajstić information content (AvgIpc) is 2.22. The highest BCUT2D eigenvalue weighted by atomic mass is 35.5. The lowest BCUT2D eigenvalue weighted by Gasteiger charge is -2.40. The van der Waals surface area contributed by atoms with Crippen LogP contribution in [0, 0.1) is 0 Å². The van der Waals surface area contributed by atoms with E-state index < -0.39 is 6.10 Å². The van der Waals surface area contributed by atoms with Crippen LogP contribution in [0.4, 0.5) is 0 Å². The Morgan fingerprint density at radius 2 is 1.11 bits per heavy atom. The van der Waals surface area contributed by atoms with Crippen LogP contribution in [0.15, 0.2) is 0 Å². The van der Waals surface area contributed by atoms with Crippen molar-refractivity contribution in [2.24, 2.45) is 0 Å². The fourth-order valence-electron chi connectivity index (χ4n) is 2.52. The van der Waals surface area contributed by atoms with E-state index in [1.54, 1.807) is 0 Å². The predicted molar refractivity (Wildman–Crippen MR) is 77.3 cm³/mol. The van der Waals surface area contributed by atoms with Gasteiger partial charge in [-0.2, -0.15) is 0 Å². The first kappa shape index (κ1) is 21.5. The molecule has 0 aliphatic carbocycles. The quantitative estimate of drug-likeness (QED) is 0.449. The number of quaternary nitrogens is 2. The Labute approximate surface area is 127 Å². The fourth-order valence-corrected chi connectivity index (χ4v) is 2.52. The van der Waals surface area contributed by atoms with Gasteiger partial charge in [0.2, 0.25) is 0 Å². The molecule has 19 heavy (non-hydrogen) atoms. The minimum Gasteiger partial charge on any atom is -1.00 e. The second-order valence-corrected chi connectivity index (χ2v) is 7.01. The minimum absolute atomic E-state index is 0. The van der Waals surface area contributed by atoms with Gasteiger partial charge in [0, 0.05) is 0 Å². The van der Waals surface area contributed by atoms with Crippen molar-refractivity contribution in [2.75, 3.05) is 54.4 Å². The van der Waals surface area contributed by atoms with Crippen LogP contribution >= 0.6 is 0 Å². The summed E-state index contributed by atoms with van der Waals surface area (Å²) in [6, 6.07) is 0. The molecule has 0 radical (unpaired) electrons. The van der Waals surface area contributed by atoms with Gasteiger partial charge < -0.3 is 26.5 Å². The first-order valence-corrected chi connectivity index (χ1v) is 7.52. The van der Waals surface area contributed by atoms with E-state index in [1.165, 1.54) is 25.7 Å². The number of halogens is 1. The molecule has 118 valence electrons. The number of nitrogens with zero attached hydrogens (tertiary/aromatic N) is 2. The van der Waals surface area contributed by atoms with Crippen LogP contribution in [0.25, 0.3) is 0 Å². The van der Waals surface area contributed by atoms with Crippen molar-refractivity contribution in [2.45, 2.75) is 45.6 Å². The third-order valence-electron chi connectivity index (χ3n) is 3.63. The van der Waals surface area contributed by atoms with Crippen LogP contribution in [-0.2, 0) is 0 Å². The third-order valence-corrected chi connectivity index (χ3v) is 3.63. The molecule has 0 heterocycles. The Morgan fingerprint density at radius 1 is 0.789 bits per heavy atom. The largest absolute Gasteiger partial charge is 1.00 e. The molecule has 0 saturated heterocycles. The molecule has 0 aromatic heterocycles. The third kappa shape index (κ3) is 11.7. The molecule has 0 fully saturated rings. The van der Waals surface area contributed by atoms with Gasteiger partial charge in [-0.1, -0.05) is 26.7 Å². The van der Waals surface area contributed by atoms with E-state index in [9.17, 15) is 5.11 Å². The zero-order chi connectivity index (χ0) is 14.2. The van der Waals surface area contributed by atoms with Gasteiger partial charge in [0.05, 0.1) is 54.4 Å². The fraction of sp³-hybridized carbons (Fsp3) is 1.00. The standard InChI is InChI=1S/C15H35N2O.ClH/c1-7-9-11-16(3,4)13-15(18)14-17(5,6)12-10-8-2;/h15H,7-14H2,1-6H3;1H/q+1;/p-1. The van der Waals surface area contributed by atoms with E-state index in [4.69, 9.17) is 0 Å². The summed E-state index contributed by atoms with van der Waals surface area (Å²) < 4.78 is 1.74. The number of unbranched alkanes of at least 4 members (excludes halogenated alkanes) is 2. The van der Waals surface area contributed by atoms with Gasteiger partial charge in [0.15, 0.2) is 0 Å². The van der Waals surface area contributed by atoms with Crippen LogP contribution in [-0.4, -0.2) is 69.4 Å². The van der Waals surface area contributed by atoms with Crippen LogP contribution in [0.2, 0.25) is 0 Å². The molecule has 0 N–H and O–H groups in total. The summed E-state index contributed by atoms with van der Waals surface area (Å²) in [6.45, 7) is 8.18. The summed E-state index contributed by atoms with van der Waals surface area (Å²) in [5.41, 5.74) is 0. The van der Waals surface area contributed by atoms with Crippen molar-refractivity contribution >= 4 is 0 Å². The molecule has 0 aliphatic rings. The lowest BCUT2D eigenvalue weighted by atomic mass is 10.2. The molecule has 0 atom stereocenters. The van der Waals surface area contributed by atoms with E-state index in [0.29, 0.717) is 0 Å². The van der Waals surface area contributed by atoms with Gasteiger partial charge in [-0.3, -0.25) is 0 Å². The smallest absolute Gasteiger partial charge is 0.0782 e. The molecule has 0 saturated carbocycles. The maximum atomic E-state index is 12.3. The molecule has 0 aliphatic heterocycles. The summed E-state index contributed by atoms with van der Waals surface area (Å²) in [5.74, 6) is 0. The summed E-state index contributed by atoms with van der Waals surface area (Å²) in [4.78, 5) is 0. The first-order valence-electron chi connectivity index (χ1n) is 7.52. The maximum absolute atomic E-state index is 12.3. The Kier molecular flexibility index (Phi) is 11.3. The van der Waals surface area contributed by atoms with Crippen LogP contribution in [0.3, 0.4) is 0 Å². The van der Waals surface area contributed by atoms with Crippen molar-refractivity contribution in [1.82, 2.24) is 0 Å². The van der Waals surface area contributed by atoms with Gasteiger partial charge >= 0.3 is 0 Å². The van der Waals surface area contributed by atoms with Crippen LogP contribution < -0.4 is 17.5 Å². The van der Waals surface area contributed by atoms with Crippen LogP contribution in [0.5, 0.6) is 0 Å². The Morgan fingerprint density at radius 3 is 1.37 bits per heavy atom. The van der Waals surface area contributed by atoms with Gasteiger partial charge in [-0.15, -0.1) is 0 Å². The highest BCUT2D eigenvalue weighted by molar-refractivity contribution is 4.52. The molecule has 4 heteroatoms. The summed E-state index contributed by atoms with van der Waals surface area (Å²) >= 11 is 0. The summed E-state index contributed by atoms with van der Waals surface area (Å²) in [7, 11) is 8.75. The van der Waals surface area contributed by atoms with E-state index in [0.717, 1.165) is 35.1 Å². The Bertz CT molecular complexity index is 198. The molecule has 0 aromatic rings. The normalized spacial score (nSPS) is 12.6. The lowest BCUT2D eigenvalue weighted by Crippen LogP contribution is -3.00. The predicted octanol–water partition coefficient (Wildman–Crippen LogP) is -1.53. The SMILES string of the molecule is CCCC[N+](C)(C)CC([O-])C[N+](C)(C)CCCC.[Cl-]. The van der Waals surface area contributed by atoms with E-state index >= 15 is 0 Å². The minimum atomic E-state index is -0.441. The molecular formula is C15H35ClN2O. The number of rotatable bonds is 10. The lowest BCUT2D eigenvalue weighted by molar-refractivity contribution is -0.925.